The van der Waals surface area contributed by atoms with Gasteiger partial charge in [0.2, 0.25) is 11.8 Å². The van der Waals surface area contributed by atoms with Crippen molar-refractivity contribution in [1.29, 1.82) is 0 Å². The number of hydrogen-bond acceptors (Lipinski definition) is 3. The minimum Gasteiger partial charge on any atom is -0.496 e. The highest BCUT2D eigenvalue weighted by Crippen LogP contribution is 2.29. The van der Waals surface area contributed by atoms with Crippen LogP contribution >= 0.6 is 11.6 Å². The molecule has 1 N–H and O–H groups in total. The molecule has 1 saturated heterocycles. The van der Waals surface area contributed by atoms with Crippen molar-refractivity contribution in [2.24, 2.45) is 5.92 Å². The van der Waals surface area contributed by atoms with Gasteiger partial charge in [-0.05, 0) is 30.7 Å². The van der Waals surface area contributed by atoms with E-state index < -0.39 is 0 Å². The van der Waals surface area contributed by atoms with E-state index in [-0.39, 0.29) is 24.2 Å². The maximum absolute atomic E-state index is 12.5. The van der Waals surface area contributed by atoms with E-state index in [4.69, 9.17) is 16.3 Å². The molecule has 0 aromatic heterocycles. The van der Waals surface area contributed by atoms with Crippen molar-refractivity contribution in [2.45, 2.75) is 19.9 Å². The number of hydrogen-bond donors (Lipinski definition) is 1. The minimum absolute atomic E-state index is 0.0673. The molecule has 6 heteroatoms. The van der Waals surface area contributed by atoms with Gasteiger partial charge in [0.15, 0.2) is 0 Å². The van der Waals surface area contributed by atoms with E-state index in [0.717, 1.165) is 22.6 Å². The predicted octanol–water partition coefficient (Wildman–Crippen LogP) is 3.33. The molecule has 1 atom stereocenters. The Morgan fingerprint density at radius 1 is 1.31 bits per heavy atom. The summed E-state index contributed by atoms with van der Waals surface area (Å²) in [4.78, 5) is 26.5. The molecule has 1 heterocycles. The standard InChI is InChI=1S/C20H21ClN2O3/c1-13-7-8-16(10-17(13)21)23-12-15(9-19(23)24)20(25)22-11-14-5-3-4-6-18(14)26-2/h3-8,10,15H,9,11-12H2,1-2H3,(H,22,25). The van der Waals surface area contributed by atoms with Crippen molar-refractivity contribution in [3.63, 3.8) is 0 Å². The fraction of sp³-hybridized carbons (Fsp3) is 0.300. The summed E-state index contributed by atoms with van der Waals surface area (Å²) in [5, 5.41) is 3.52. The number of carbonyl (C=O) groups is 2. The lowest BCUT2D eigenvalue weighted by atomic mass is 10.1. The summed E-state index contributed by atoms with van der Waals surface area (Å²) < 4.78 is 5.29. The Labute approximate surface area is 157 Å². The van der Waals surface area contributed by atoms with Crippen LogP contribution in [0.5, 0.6) is 5.75 Å². The zero-order valence-corrected chi connectivity index (χ0v) is 15.5. The number of methoxy groups -OCH3 is 1. The van der Waals surface area contributed by atoms with Crippen LogP contribution in [0, 0.1) is 12.8 Å². The topological polar surface area (TPSA) is 58.6 Å². The number of amides is 2. The number of para-hydroxylation sites is 1. The summed E-state index contributed by atoms with van der Waals surface area (Å²) in [5.41, 5.74) is 2.58. The molecular formula is C20H21ClN2O3. The van der Waals surface area contributed by atoms with Gasteiger partial charge in [0.1, 0.15) is 5.75 Å². The number of anilines is 1. The van der Waals surface area contributed by atoms with E-state index in [9.17, 15) is 9.59 Å². The van der Waals surface area contributed by atoms with Crippen molar-refractivity contribution < 1.29 is 14.3 Å². The zero-order chi connectivity index (χ0) is 18.7. The number of halogens is 1. The Bertz CT molecular complexity index is 838. The van der Waals surface area contributed by atoms with Crippen molar-refractivity contribution in [3.8, 4) is 5.75 Å². The van der Waals surface area contributed by atoms with E-state index in [2.05, 4.69) is 5.32 Å². The van der Waals surface area contributed by atoms with Crippen molar-refractivity contribution in [3.05, 3.63) is 58.6 Å². The number of ether oxygens (including phenoxy) is 1. The van der Waals surface area contributed by atoms with Crippen LogP contribution in [-0.4, -0.2) is 25.5 Å². The summed E-state index contributed by atoms with van der Waals surface area (Å²) in [5.74, 6) is 0.149. The largest absolute Gasteiger partial charge is 0.496 e. The summed E-state index contributed by atoms with van der Waals surface area (Å²) in [6, 6.07) is 13.0. The molecule has 0 radical (unpaired) electrons. The first-order valence-corrected chi connectivity index (χ1v) is 8.83. The van der Waals surface area contributed by atoms with Gasteiger partial charge in [-0.25, -0.2) is 0 Å². The zero-order valence-electron chi connectivity index (χ0n) is 14.8. The van der Waals surface area contributed by atoms with Crippen LogP contribution in [0.2, 0.25) is 5.02 Å². The molecule has 1 aliphatic rings. The molecule has 1 unspecified atom stereocenters. The van der Waals surface area contributed by atoms with Gasteiger partial charge < -0.3 is 15.0 Å². The van der Waals surface area contributed by atoms with Crippen LogP contribution in [0.4, 0.5) is 5.69 Å². The molecule has 1 aliphatic heterocycles. The van der Waals surface area contributed by atoms with E-state index >= 15 is 0 Å². The molecule has 1 fully saturated rings. The maximum atomic E-state index is 12.5. The number of nitrogens with one attached hydrogen (secondary N) is 1. The first-order chi connectivity index (χ1) is 12.5. The summed E-state index contributed by atoms with van der Waals surface area (Å²) in [7, 11) is 1.60. The van der Waals surface area contributed by atoms with Crippen molar-refractivity contribution >= 4 is 29.1 Å². The molecule has 0 aliphatic carbocycles. The molecule has 2 amide bonds. The SMILES string of the molecule is COc1ccccc1CNC(=O)C1CC(=O)N(c2ccc(C)c(Cl)c2)C1. The number of nitrogens with zero attached hydrogens (tertiary/aromatic N) is 1. The molecule has 2 aromatic rings. The highest BCUT2D eigenvalue weighted by Gasteiger charge is 2.35. The van der Waals surface area contributed by atoms with Crippen LogP contribution in [0.1, 0.15) is 17.5 Å². The first kappa shape index (κ1) is 18.3. The first-order valence-electron chi connectivity index (χ1n) is 8.45. The van der Waals surface area contributed by atoms with Crippen LogP contribution in [0.15, 0.2) is 42.5 Å². The van der Waals surface area contributed by atoms with E-state index in [1.807, 2.05) is 43.3 Å². The lowest BCUT2D eigenvalue weighted by Gasteiger charge is -2.17. The predicted molar refractivity (Wildman–Crippen MR) is 101 cm³/mol. The van der Waals surface area contributed by atoms with Gasteiger partial charge in [-0.1, -0.05) is 35.9 Å². The van der Waals surface area contributed by atoms with Crippen LogP contribution in [0.25, 0.3) is 0 Å². The second kappa shape index (κ2) is 7.79. The Morgan fingerprint density at radius 3 is 2.81 bits per heavy atom. The van der Waals surface area contributed by atoms with Gasteiger partial charge in [-0.15, -0.1) is 0 Å². The molecule has 2 aromatic carbocycles. The molecule has 0 bridgehead atoms. The number of aryl methyl sites for hydroxylation is 1. The van der Waals surface area contributed by atoms with Gasteiger partial charge in [-0.2, -0.15) is 0 Å². The maximum Gasteiger partial charge on any atom is 0.227 e. The second-order valence-electron chi connectivity index (χ2n) is 6.37. The highest BCUT2D eigenvalue weighted by molar-refractivity contribution is 6.31. The summed E-state index contributed by atoms with van der Waals surface area (Å²) in [6.07, 6.45) is 0.198. The quantitative estimate of drug-likeness (QED) is 0.875. The normalized spacial score (nSPS) is 16.7. The lowest BCUT2D eigenvalue weighted by Crippen LogP contribution is -2.32. The third kappa shape index (κ3) is 3.83. The minimum atomic E-state index is -0.378. The Hall–Kier alpha value is -2.53. The molecule has 0 spiro atoms. The van der Waals surface area contributed by atoms with Gasteiger partial charge in [0.25, 0.3) is 0 Å². The van der Waals surface area contributed by atoms with Crippen LogP contribution in [0.3, 0.4) is 0 Å². The molecule has 5 nitrogen and oxygen atoms in total. The van der Waals surface area contributed by atoms with E-state index in [0.29, 0.717) is 18.1 Å². The van der Waals surface area contributed by atoms with E-state index in [1.54, 1.807) is 18.1 Å². The average Bonchev–Trinajstić information content (AvgIpc) is 3.04. The van der Waals surface area contributed by atoms with Crippen molar-refractivity contribution in [1.82, 2.24) is 5.32 Å². The van der Waals surface area contributed by atoms with Crippen LogP contribution in [-0.2, 0) is 16.1 Å². The number of benzene rings is 2. The summed E-state index contributed by atoms with van der Waals surface area (Å²) >= 11 is 6.16. The van der Waals surface area contributed by atoms with Crippen molar-refractivity contribution in [2.75, 3.05) is 18.6 Å². The third-order valence-corrected chi connectivity index (χ3v) is 5.02. The molecule has 0 saturated carbocycles. The van der Waals surface area contributed by atoms with Gasteiger partial charge in [0.05, 0.1) is 13.0 Å². The smallest absolute Gasteiger partial charge is 0.227 e. The van der Waals surface area contributed by atoms with E-state index in [1.165, 1.54) is 0 Å². The molecule has 26 heavy (non-hydrogen) atoms. The molecule has 136 valence electrons. The average molecular weight is 373 g/mol. The van der Waals surface area contributed by atoms with Crippen LogP contribution < -0.4 is 15.0 Å². The Kier molecular flexibility index (Phi) is 5.47. The fourth-order valence-corrected chi connectivity index (χ4v) is 3.23. The van der Waals surface area contributed by atoms with Gasteiger partial charge in [0, 0.05) is 35.8 Å². The monoisotopic (exact) mass is 372 g/mol. The van der Waals surface area contributed by atoms with Gasteiger partial charge >= 0.3 is 0 Å². The molecule has 3 rings (SSSR count). The fourth-order valence-electron chi connectivity index (χ4n) is 3.06. The Morgan fingerprint density at radius 2 is 2.08 bits per heavy atom. The second-order valence-corrected chi connectivity index (χ2v) is 6.78. The summed E-state index contributed by atoms with van der Waals surface area (Å²) in [6.45, 7) is 2.63. The Balaban J connectivity index is 1.64. The number of rotatable bonds is 5. The molecular weight excluding hydrogens is 352 g/mol. The number of carbonyl (C=O) groups excluding carboxylic acids is 2. The lowest BCUT2D eigenvalue weighted by molar-refractivity contribution is -0.126. The van der Waals surface area contributed by atoms with Gasteiger partial charge in [-0.3, -0.25) is 9.59 Å². The highest BCUT2D eigenvalue weighted by atomic mass is 35.5. The third-order valence-electron chi connectivity index (χ3n) is 4.61.